The normalized spacial score (nSPS) is 22.2. The molecule has 7 heteroatoms. The quantitative estimate of drug-likeness (QED) is 0.783. The summed E-state index contributed by atoms with van der Waals surface area (Å²) in [6, 6.07) is 7.22. The molecule has 0 spiro atoms. The molecule has 0 bridgehead atoms. The van der Waals surface area contributed by atoms with Gasteiger partial charge in [0.25, 0.3) is 16.0 Å². The monoisotopic (exact) mass is 285 g/mol. The molecule has 0 saturated carbocycles. The molecule has 1 amide bonds. The molecule has 1 aliphatic heterocycles. The van der Waals surface area contributed by atoms with Gasteiger partial charge >= 0.3 is 0 Å². The van der Waals surface area contributed by atoms with Crippen molar-refractivity contribution >= 4 is 16.0 Å². The van der Waals surface area contributed by atoms with Crippen molar-refractivity contribution < 1.29 is 22.1 Å². The van der Waals surface area contributed by atoms with E-state index in [4.69, 9.17) is 10.5 Å². The van der Waals surface area contributed by atoms with E-state index in [1.54, 1.807) is 12.1 Å². The summed E-state index contributed by atoms with van der Waals surface area (Å²) in [4.78, 5) is 11.7. The van der Waals surface area contributed by atoms with Crippen molar-refractivity contribution in [2.24, 2.45) is 5.73 Å². The molecule has 2 N–H and O–H groups in total. The summed E-state index contributed by atoms with van der Waals surface area (Å²) in [6.45, 7) is 0.119. The topological polar surface area (TPSA) is 95.7 Å². The Labute approximate surface area is 111 Å². The van der Waals surface area contributed by atoms with Crippen LogP contribution in [0, 0.1) is 0 Å². The number of hydrogen-bond acceptors (Lipinski definition) is 5. The van der Waals surface area contributed by atoms with E-state index in [-0.39, 0.29) is 19.6 Å². The molecular weight excluding hydrogens is 270 g/mol. The summed E-state index contributed by atoms with van der Waals surface area (Å²) in [5, 5.41) is 0. The van der Waals surface area contributed by atoms with Gasteiger partial charge in [-0.05, 0) is 11.1 Å². The molecule has 0 saturated heterocycles. The summed E-state index contributed by atoms with van der Waals surface area (Å²) in [5.74, 6) is -0.644. The molecule has 0 fully saturated rings. The second-order valence-corrected chi connectivity index (χ2v) is 6.06. The number of benzene rings is 1. The molecular formula is C12H15NO5S. The van der Waals surface area contributed by atoms with Gasteiger partial charge in [-0.25, -0.2) is 0 Å². The molecule has 1 heterocycles. The van der Waals surface area contributed by atoms with Gasteiger partial charge in [0.15, 0.2) is 5.60 Å². The fourth-order valence-corrected chi connectivity index (χ4v) is 2.58. The second-order valence-electron chi connectivity index (χ2n) is 4.41. The van der Waals surface area contributed by atoms with Crippen LogP contribution in [0.15, 0.2) is 24.3 Å². The zero-order valence-electron chi connectivity index (χ0n) is 10.5. The molecule has 1 aromatic rings. The highest BCUT2D eigenvalue weighted by Crippen LogP contribution is 2.39. The van der Waals surface area contributed by atoms with Gasteiger partial charge in [0, 0.05) is 6.42 Å². The first-order valence-electron chi connectivity index (χ1n) is 5.72. The number of amides is 1. The van der Waals surface area contributed by atoms with Crippen LogP contribution in [-0.2, 0) is 36.0 Å². The molecule has 6 nitrogen and oxygen atoms in total. The van der Waals surface area contributed by atoms with E-state index < -0.39 is 21.6 Å². The highest BCUT2D eigenvalue weighted by Gasteiger charge is 2.45. The maximum absolute atomic E-state index is 11.7. The first-order chi connectivity index (χ1) is 8.85. The summed E-state index contributed by atoms with van der Waals surface area (Å²) in [5.41, 5.74) is 5.68. The number of primary amides is 1. The Morgan fingerprint density at radius 3 is 2.79 bits per heavy atom. The van der Waals surface area contributed by atoms with E-state index >= 15 is 0 Å². The predicted molar refractivity (Wildman–Crippen MR) is 67.5 cm³/mol. The number of ether oxygens (including phenoxy) is 1. The SMILES string of the molecule is CS(=O)(=O)OCCC1(C(N)=O)OCc2ccccc21. The van der Waals surface area contributed by atoms with Crippen LogP contribution >= 0.6 is 0 Å². The van der Waals surface area contributed by atoms with E-state index in [1.165, 1.54) is 0 Å². The number of nitrogens with two attached hydrogens (primary N) is 1. The zero-order chi connectivity index (χ0) is 14.1. The van der Waals surface area contributed by atoms with Crippen LogP contribution in [-0.4, -0.2) is 27.2 Å². The number of rotatable bonds is 5. The minimum absolute atomic E-state index is 0.0619. The third-order valence-electron chi connectivity index (χ3n) is 3.08. The van der Waals surface area contributed by atoms with Crippen molar-refractivity contribution in [3.8, 4) is 0 Å². The lowest BCUT2D eigenvalue weighted by molar-refractivity contribution is -0.145. The third kappa shape index (κ3) is 2.78. The van der Waals surface area contributed by atoms with Crippen molar-refractivity contribution in [2.75, 3.05) is 12.9 Å². The molecule has 0 radical (unpaired) electrons. The van der Waals surface area contributed by atoms with Crippen LogP contribution in [0.2, 0.25) is 0 Å². The van der Waals surface area contributed by atoms with Crippen LogP contribution in [0.1, 0.15) is 17.5 Å². The molecule has 2 rings (SSSR count). The Bertz CT molecular complexity index is 598. The highest BCUT2D eigenvalue weighted by atomic mass is 32.2. The Kier molecular flexibility index (Phi) is 3.62. The lowest BCUT2D eigenvalue weighted by Gasteiger charge is -2.25. The predicted octanol–water partition coefficient (Wildman–Crippen LogP) is 0.264. The summed E-state index contributed by atoms with van der Waals surface area (Å²) in [7, 11) is -3.55. The van der Waals surface area contributed by atoms with Gasteiger partial charge in [0.1, 0.15) is 0 Å². The largest absolute Gasteiger partial charge is 0.367 e. The minimum Gasteiger partial charge on any atom is -0.367 e. The van der Waals surface area contributed by atoms with E-state index in [9.17, 15) is 13.2 Å². The molecule has 19 heavy (non-hydrogen) atoms. The minimum atomic E-state index is -3.55. The average molecular weight is 285 g/mol. The summed E-state index contributed by atoms with van der Waals surface area (Å²) in [6.07, 6.45) is 1.01. The maximum Gasteiger partial charge on any atom is 0.264 e. The first kappa shape index (κ1) is 14.0. The van der Waals surface area contributed by atoms with Gasteiger partial charge < -0.3 is 10.5 Å². The second kappa shape index (κ2) is 4.92. The van der Waals surface area contributed by atoms with E-state index in [0.717, 1.165) is 11.8 Å². The van der Waals surface area contributed by atoms with Crippen LogP contribution in [0.4, 0.5) is 0 Å². The maximum atomic E-state index is 11.7. The van der Waals surface area contributed by atoms with Crippen molar-refractivity contribution in [1.29, 1.82) is 0 Å². The van der Waals surface area contributed by atoms with Crippen molar-refractivity contribution in [1.82, 2.24) is 0 Å². The average Bonchev–Trinajstić information content (AvgIpc) is 2.68. The van der Waals surface area contributed by atoms with Gasteiger partial charge in [-0.15, -0.1) is 0 Å². The molecule has 0 aromatic heterocycles. The molecule has 104 valence electrons. The van der Waals surface area contributed by atoms with Crippen molar-refractivity contribution in [3.05, 3.63) is 35.4 Å². The third-order valence-corrected chi connectivity index (χ3v) is 3.67. The Balaban J connectivity index is 2.24. The van der Waals surface area contributed by atoms with Gasteiger partial charge in [0.2, 0.25) is 0 Å². The fourth-order valence-electron chi connectivity index (χ4n) is 2.19. The Morgan fingerprint density at radius 2 is 2.16 bits per heavy atom. The van der Waals surface area contributed by atoms with Crippen molar-refractivity contribution in [2.45, 2.75) is 18.6 Å². The van der Waals surface area contributed by atoms with Crippen LogP contribution in [0.3, 0.4) is 0 Å². The number of carbonyl (C=O) groups is 1. The number of fused-ring (bicyclic) bond motifs is 1. The smallest absolute Gasteiger partial charge is 0.264 e. The number of carbonyl (C=O) groups excluding carboxylic acids is 1. The van der Waals surface area contributed by atoms with E-state index in [1.807, 2.05) is 12.1 Å². The molecule has 1 aromatic carbocycles. The van der Waals surface area contributed by atoms with E-state index in [0.29, 0.717) is 5.56 Å². The highest BCUT2D eigenvalue weighted by molar-refractivity contribution is 7.85. The first-order valence-corrected chi connectivity index (χ1v) is 7.53. The van der Waals surface area contributed by atoms with Gasteiger partial charge in [-0.3, -0.25) is 8.98 Å². The lowest BCUT2D eigenvalue weighted by atomic mass is 9.89. The number of hydrogen-bond donors (Lipinski definition) is 1. The van der Waals surface area contributed by atoms with Gasteiger partial charge in [-0.2, -0.15) is 8.42 Å². The van der Waals surface area contributed by atoms with Crippen LogP contribution in [0.25, 0.3) is 0 Å². The molecule has 0 aliphatic carbocycles. The van der Waals surface area contributed by atoms with Gasteiger partial charge in [0.05, 0.1) is 19.5 Å². The molecule has 1 atom stereocenters. The summed E-state index contributed by atoms with van der Waals surface area (Å²) < 4.78 is 32.1. The van der Waals surface area contributed by atoms with Crippen LogP contribution in [0.5, 0.6) is 0 Å². The van der Waals surface area contributed by atoms with Crippen molar-refractivity contribution in [3.63, 3.8) is 0 Å². The molecule has 1 unspecified atom stereocenters. The standard InChI is InChI=1S/C12H15NO5S/c1-19(15,16)18-7-6-12(11(13)14)10-5-3-2-4-9(10)8-17-12/h2-5H,6-8H2,1H3,(H2,13,14). The zero-order valence-corrected chi connectivity index (χ0v) is 11.3. The Hall–Kier alpha value is -1.44. The lowest BCUT2D eigenvalue weighted by Crippen LogP contribution is -2.42. The fraction of sp³-hybridized carbons (Fsp3) is 0.417. The van der Waals surface area contributed by atoms with Gasteiger partial charge in [-0.1, -0.05) is 24.3 Å². The van der Waals surface area contributed by atoms with Crippen LogP contribution < -0.4 is 5.73 Å². The Morgan fingerprint density at radius 1 is 1.47 bits per heavy atom. The van der Waals surface area contributed by atoms with E-state index in [2.05, 4.69) is 4.18 Å². The summed E-state index contributed by atoms with van der Waals surface area (Å²) >= 11 is 0. The molecule has 1 aliphatic rings.